The highest BCUT2D eigenvalue weighted by Crippen LogP contribution is 2.10. The van der Waals surface area contributed by atoms with Crippen LogP contribution in [0.3, 0.4) is 0 Å². The van der Waals surface area contributed by atoms with Crippen molar-refractivity contribution >= 4 is 12.4 Å². The summed E-state index contributed by atoms with van der Waals surface area (Å²) >= 11 is 0. The molecule has 1 aromatic heterocycles. The molecule has 0 radical (unpaired) electrons. The molecule has 1 rings (SSSR count). The van der Waals surface area contributed by atoms with Crippen molar-refractivity contribution < 1.29 is 4.57 Å². The summed E-state index contributed by atoms with van der Waals surface area (Å²) in [6.07, 6.45) is 18.5. The summed E-state index contributed by atoms with van der Waals surface area (Å²) in [5.41, 5.74) is 0. The fourth-order valence-electron chi connectivity index (χ4n) is 2.37. The molecule has 2 heteroatoms. The van der Waals surface area contributed by atoms with Crippen LogP contribution in [-0.4, -0.2) is 0 Å². The second kappa shape index (κ2) is 13.9. The molecule has 0 aliphatic carbocycles. The number of aromatic nitrogens is 1. The molecule has 0 N–H and O–H groups in total. The van der Waals surface area contributed by atoms with Gasteiger partial charge in [0.05, 0.1) is 0 Å². The van der Waals surface area contributed by atoms with E-state index < -0.39 is 0 Å². The van der Waals surface area contributed by atoms with E-state index in [1.165, 1.54) is 70.8 Å². The Morgan fingerprint density at radius 2 is 1.11 bits per heavy atom. The van der Waals surface area contributed by atoms with Crippen LogP contribution >= 0.6 is 12.4 Å². The van der Waals surface area contributed by atoms with Crippen molar-refractivity contribution in [2.75, 3.05) is 0 Å². The van der Waals surface area contributed by atoms with Gasteiger partial charge in [-0.15, -0.1) is 12.4 Å². The molecule has 1 heterocycles. The molecule has 1 aromatic rings. The SMILES string of the molecule is CCCCCCCCCCCC[n+]1ccccc1.Cl. The van der Waals surface area contributed by atoms with Crippen LogP contribution in [0.2, 0.25) is 0 Å². The number of hydrogen-bond acceptors (Lipinski definition) is 0. The van der Waals surface area contributed by atoms with Gasteiger partial charge in [-0.1, -0.05) is 64.4 Å². The molecule has 0 fully saturated rings. The van der Waals surface area contributed by atoms with E-state index in [-0.39, 0.29) is 12.4 Å². The minimum absolute atomic E-state index is 0. The summed E-state index contributed by atoms with van der Waals surface area (Å²) in [6, 6.07) is 6.29. The van der Waals surface area contributed by atoms with E-state index in [9.17, 15) is 0 Å². The van der Waals surface area contributed by atoms with Gasteiger partial charge in [-0.2, -0.15) is 0 Å². The number of unbranched alkanes of at least 4 members (excludes halogenated alkanes) is 9. The van der Waals surface area contributed by atoms with Crippen LogP contribution in [-0.2, 0) is 6.54 Å². The first-order valence-corrected chi connectivity index (χ1v) is 7.87. The number of aryl methyl sites for hydroxylation is 1. The summed E-state index contributed by atoms with van der Waals surface area (Å²) in [5.74, 6) is 0. The first kappa shape index (κ1) is 18.4. The van der Waals surface area contributed by atoms with E-state index in [1.54, 1.807) is 0 Å². The van der Waals surface area contributed by atoms with Gasteiger partial charge in [0, 0.05) is 18.6 Å². The monoisotopic (exact) mass is 284 g/mol. The third-order valence-corrected chi connectivity index (χ3v) is 3.55. The zero-order chi connectivity index (χ0) is 12.9. The predicted octanol–water partition coefficient (Wildman–Crippen LogP) is 5.32. The predicted molar refractivity (Wildman–Crippen MR) is 85.7 cm³/mol. The van der Waals surface area contributed by atoms with Gasteiger partial charge in [-0.25, -0.2) is 4.57 Å². The number of halogens is 1. The molecule has 0 amide bonds. The van der Waals surface area contributed by atoms with Gasteiger partial charge in [0.1, 0.15) is 6.54 Å². The van der Waals surface area contributed by atoms with E-state index in [0.29, 0.717) is 0 Å². The summed E-state index contributed by atoms with van der Waals surface area (Å²) in [7, 11) is 0. The number of pyridine rings is 1. The number of rotatable bonds is 11. The van der Waals surface area contributed by atoms with Crippen molar-refractivity contribution in [1.29, 1.82) is 0 Å². The molecular weight excluding hydrogens is 254 g/mol. The van der Waals surface area contributed by atoms with Gasteiger partial charge < -0.3 is 0 Å². The standard InChI is InChI=1S/C17H30N.ClH/c1-2-3-4-5-6-7-8-9-10-12-15-18-16-13-11-14-17-18;/h11,13-14,16-17H,2-10,12,15H2,1H3;1H/q+1;. The summed E-state index contributed by atoms with van der Waals surface area (Å²) < 4.78 is 2.28. The molecule has 0 atom stereocenters. The minimum Gasteiger partial charge on any atom is -0.205 e. The largest absolute Gasteiger partial charge is 0.205 e. The Labute approximate surface area is 125 Å². The molecule has 0 aliphatic heterocycles. The average molecular weight is 285 g/mol. The van der Waals surface area contributed by atoms with Gasteiger partial charge in [0.25, 0.3) is 0 Å². The lowest BCUT2D eigenvalue weighted by Crippen LogP contribution is -2.32. The molecule has 19 heavy (non-hydrogen) atoms. The van der Waals surface area contributed by atoms with Crippen molar-refractivity contribution in [3.8, 4) is 0 Å². The highest BCUT2D eigenvalue weighted by atomic mass is 35.5. The molecule has 0 saturated carbocycles. The Bertz CT molecular complexity index is 274. The number of hydrogen-bond donors (Lipinski definition) is 0. The lowest BCUT2D eigenvalue weighted by Gasteiger charge is -2.01. The maximum Gasteiger partial charge on any atom is 0.168 e. The summed E-state index contributed by atoms with van der Waals surface area (Å²) in [6.45, 7) is 3.46. The van der Waals surface area contributed by atoms with Crippen LogP contribution < -0.4 is 4.57 Å². The topological polar surface area (TPSA) is 3.88 Å². The molecule has 0 spiro atoms. The molecule has 0 aliphatic rings. The maximum atomic E-state index is 2.28. The van der Waals surface area contributed by atoms with Gasteiger partial charge in [-0.3, -0.25) is 0 Å². The Morgan fingerprint density at radius 3 is 1.63 bits per heavy atom. The van der Waals surface area contributed by atoms with Crippen LogP contribution in [0.4, 0.5) is 0 Å². The maximum absolute atomic E-state index is 2.28. The van der Waals surface area contributed by atoms with Gasteiger partial charge in [-0.05, 0) is 6.42 Å². The highest BCUT2D eigenvalue weighted by molar-refractivity contribution is 5.85. The second-order valence-electron chi connectivity index (χ2n) is 5.30. The first-order valence-electron chi connectivity index (χ1n) is 7.87. The molecule has 1 nitrogen and oxygen atoms in total. The smallest absolute Gasteiger partial charge is 0.168 e. The zero-order valence-corrected chi connectivity index (χ0v) is 13.3. The van der Waals surface area contributed by atoms with E-state index in [1.807, 2.05) is 0 Å². The lowest BCUT2D eigenvalue weighted by molar-refractivity contribution is -0.697. The van der Waals surface area contributed by atoms with Crippen LogP contribution in [0.25, 0.3) is 0 Å². The van der Waals surface area contributed by atoms with Crippen molar-refractivity contribution in [1.82, 2.24) is 0 Å². The highest BCUT2D eigenvalue weighted by Gasteiger charge is 1.97. The van der Waals surface area contributed by atoms with Crippen molar-refractivity contribution in [2.24, 2.45) is 0 Å². The van der Waals surface area contributed by atoms with Crippen LogP contribution in [0.1, 0.15) is 71.1 Å². The van der Waals surface area contributed by atoms with Crippen molar-refractivity contribution in [2.45, 2.75) is 77.7 Å². The zero-order valence-electron chi connectivity index (χ0n) is 12.5. The molecule has 0 saturated heterocycles. The first-order chi connectivity index (χ1) is 8.93. The summed E-state index contributed by atoms with van der Waals surface area (Å²) in [5, 5.41) is 0. The van der Waals surface area contributed by atoms with E-state index >= 15 is 0 Å². The average Bonchev–Trinajstić information content (AvgIpc) is 2.42. The third kappa shape index (κ3) is 11.0. The van der Waals surface area contributed by atoms with Gasteiger partial charge in [0.15, 0.2) is 12.4 Å². The quantitative estimate of drug-likeness (QED) is 0.383. The summed E-state index contributed by atoms with van der Waals surface area (Å²) in [4.78, 5) is 0. The van der Waals surface area contributed by atoms with Crippen LogP contribution in [0.15, 0.2) is 30.6 Å². The Balaban J connectivity index is 0.00000324. The fraction of sp³-hybridized carbons (Fsp3) is 0.706. The number of nitrogens with zero attached hydrogens (tertiary/aromatic N) is 1. The lowest BCUT2D eigenvalue weighted by atomic mass is 10.1. The van der Waals surface area contributed by atoms with Crippen molar-refractivity contribution in [3.63, 3.8) is 0 Å². The third-order valence-electron chi connectivity index (χ3n) is 3.55. The normalized spacial score (nSPS) is 10.2. The Kier molecular flexibility index (Phi) is 13.5. The van der Waals surface area contributed by atoms with Gasteiger partial charge in [0.2, 0.25) is 0 Å². The molecule has 0 bridgehead atoms. The molecule has 0 unspecified atom stereocenters. The van der Waals surface area contributed by atoms with Crippen molar-refractivity contribution in [3.05, 3.63) is 30.6 Å². The Hall–Kier alpha value is -0.560. The molecule has 0 aromatic carbocycles. The van der Waals surface area contributed by atoms with E-state index in [0.717, 1.165) is 0 Å². The fourth-order valence-corrected chi connectivity index (χ4v) is 2.37. The Morgan fingerprint density at radius 1 is 0.632 bits per heavy atom. The molecule has 110 valence electrons. The van der Waals surface area contributed by atoms with Crippen LogP contribution in [0.5, 0.6) is 0 Å². The second-order valence-corrected chi connectivity index (χ2v) is 5.30. The van der Waals surface area contributed by atoms with E-state index in [2.05, 4.69) is 42.1 Å². The van der Waals surface area contributed by atoms with Gasteiger partial charge >= 0.3 is 0 Å². The molecular formula is C17H31ClN+. The van der Waals surface area contributed by atoms with Crippen LogP contribution in [0, 0.1) is 0 Å². The minimum atomic E-state index is 0. The van der Waals surface area contributed by atoms with E-state index in [4.69, 9.17) is 0 Å².